The first-order valence-corrected chi connectivity index (χ1v) is 12.3. The van der Waals surface area contributed by atoms with E-state index in [1.165, 1.54) is 4.68 Å². The summed E-state index contributed by atoms with van der Waals surface area (Å²) in [6, 6.07) is 10.3. The van der Waals surface area contributed by atoms with Crippen LogP contribution in [0.15, 0.2) is 36.4 Å². The number of hydrogen-bond acceptors (Lipinski definition) is 5. The molecule has 3 fully saturated rings. The number of amides is 3. The van der Waals surface area contributed by atoms with Gasteiger partial charge in [-0.1, -0.05) is 23.7 Å². The Kier molecular flexibility index (Phi) is 5.25. The molecule has 2 aromatic heterocycles. The number of nitrogens with two attached hydrogens (primary N) is 1. The van der Waals surface area contributed by atoms with Crippen LogP contribution >= 0.6 is 11.6 Å². The Labute approximate surface area is 206 Å². The molecule has 9 nitrogen and oxygen atoms in total. The zero-order valence-electron chi connectivity index (χ0n) is 19.0. The Hall–Kier alpha value is -3.46. The zero-order valence-corrected chi connectivity index (χ0v) is 19.7. The number of nitrogens with zero attached hydrogens (tertiary/aromatic N) is 4. The van der Waals surface area contributed by atoms with E-state index >= 15 is 0 Å². The molecule has 3 aliphatic rings. The average molecular weight is 493 g/mol. The summed E-state index contributed by atoms with van der Waals surface area (Å²) >= 11 is 5.95. The number of hydrogen-bond donors (Lipinski definition) is 2. The van der Waals surface area contributed by atoms with Crippen molar-refractivity contribution >= 4 is 46.0 Å². The maximum absolute atomic E-state index is 13.6. The van der Waals surface area contributed by atoms with Crippen molar-refractivity contribution in [2.45, 2.75) is 56.7 Å². The van der Waals surface area contributed by atoms with Gasteiger partial charge < -0.3 is 16.0 Å². The summed E-state index contributed by atoms with van der Waals surface area (Å²) < 4.78 is 1.54. The smallest absolute Gasteiger partial charge is 0.269 e. The van der Waals surface area contributed by atoms with E-state index in [2.05, 4.69) is 15.4 Å². The van der Waals surface area contributed by atoms with Gasteiger partial charge in [-0.15, -0.1) is 0 Å². The number of carbonyl (C=O) groups is 3. The highest BCUT2D eigenvalue weighted by molar-refractivity contribution is 6.29. The van der Waals surface area contributed by atoms with Gasteiger partial charge in [0.1, 0.15) is 23.6 Å². The quantitative estimate of drug-likeness (QED) is 0.512. The molecule has 2 bridgehead atoms. The minimum Gasteiger partial charge on any atom is -0.364 e. The molecule has 10 heteroatoms. The zero-order chi connectivity index (χ0) is 24.3. The van der Waals surface area contributed by atoms with Crippen molar-refractivity contribution in [2.24, 2.45) is 11.7 Å². The summed E-state index contributed by atoms with van der Waals surface area (Å²) in [5, 5.41) is 8.17. The summed E-state index contributed by atoms with van der Waals surface area (Å²) in [7, 11) is 0. The lowest BCUT2D eigenvalue weighted by Gasteiger charge is -2.34. The number of fused-ring (bicyclic) bond motifs is 3. The van der Waals surface area contributed by atoms with Crippen molar-refractivity contribution in [3.8, 4) is 0 Å². The van der Waals surface area contributed by atoms with Gasteiger partial charge in [-0.25, -0.2) is 4.98 Å². The number of benzene rings is 1. The van der Waals surface area contributed by atoms with E-state index in [-0.39, 0.29) is 41.2 Å². The van der Waals surface area contributed by atoms with Crippen LogP contribution < -0.4 is 11.1 Å². The van der Waals surface area contributed by atoms with Crippen LogP contribution in [0.25, 0.3) is 10.9 Å². The third-order valence-electron chi connectivity index (χ3n) is 7.45. The molecular weight excluding hydrogens is 468 g/mol. The normalized spacial score (nSPS) is 23.1. The molecule has 1 saturated heterocycles. The molecule has 2 aliphatic carbocycles. The van der Waals surface area contributed by atoms with Crippen LogP contribution in [-0.4, -0.2) is 49.5 Å². The Morgan fingerprint density at radius 1 is 1.11 bits per heavy atom. The predicted octanol–water partition coefficient (Wildman–Crippen LogP) is 3.08. The number of primary amides is 1. The van der Waals surface area contributed by atoms with Crippen molar-refractivity contribution in [1.82, 2.24) is 19.7 Å². The maximum atomic E-state index is 13.6. The van der Waals surface area contributed by atoms with Crippen LogP contribution in [0.4, 0.5) is 5.82 Å². The van der Waals surface area contributed by atoms with E-state index in [0.29, 0.717) is 22.6 Å². The van der Waals surface area contributed by atoms with Gasteiger partial charge in [0, 0.05) is 11.4 Å². The molecule has 2 saturated carbocycles. The molecule has 6 rings (SSSR count). The number of halogens is 1. The molecule has 3 N–H and O–H groups in total. The molecule has 35 heavy (non-hydrogen) atoms. The number of nitrogens with one attached hydrogen (secondary N) is 1. The molecule has 180 valence electrons. The lowest BCUT2D eigenvalue weighted by Crippen LogP contribution is -2.52. The Morgan fingerprint density at radius 2 is 1.94 bits per heavy atom. The molecular formula is C25H25ClN6O3. The number of pyridine rings is 1. The van der Waals surface area contributed by atoms with Gasteiger partial charge >= 0.3 is 0 Å². The predicted molar refractivity (Wildman–Crippen MR) is 130 cm³/mol. The molecule has 0 unspecified atom stereocenters. The van der Waals surface area contributed by atoms with E-state index in [1.54, 1.807) is 23.1 Å². The number of carbonyl (C=O) groups excluding carboxylic acids is 3. The fourth-order valence-corrected chi connectivity index (χ4v) is 5.91. The van der Waals surface area contributed by atoms with Crippen LogP contribution in [0.2, 0.25) is 5.15 Å². The fraction of sp³-hybridized carbons (Fsp3) is 0.400. The highest BCUT2D eigenvalue weighted by Crippen LogP contribution is 2.43. The Balaban J connectivity index is 1.27. The van der Waals surface area contributed by atoms with Crippen LogP contribution in [0.1, 0.15) is 54.1 Å². The van der Waals surface area contributed by atoms with Gasteiger partial charge in [-0.3, -0.25) is 19.1 Å². The molecule has 1 aromatic carbocycles. The van der Waals surface area contributed by atoms with Crippen molar-refractivity contribution in [3.05, 3.63) is 52.8 Å². The Morgan fingerprint density at radius 3 is 2.69 bits per heavy atom. The van der Waals surface area contributed by atoms with Crippen LogP contribution in [0, 0.1) is 5.92 Å². The van der Waals surface area contributed by atoms with E-state index in [1.807, 2.05) is 18.2 Å². The second kappa shape index (κ2) is 8.34. The minimum absolute atomic E-state index is 0.00877. The van der Waals surface area contributed by atoms with Crippen molar-refractivity contribution in [3.63, 3.8) is 0 Å². The van der Waals surface area contributed by atoms with E-state index in [0.717, 1.165) is 37.7 Å². The number of anilines is 1. The third kappa shape index (κ3) is 3.93. The Bertz CT molecular complexity index is 1370. The first-order valence-electron chi connectivity index (χ1n) is 11.9. The van der Waals surface area contributed by atoms with Gasteiger partial charge in [-0.2, -0.15) is 5.10 Å². The van der Waals surface area contributed by atoms with Crippen LogP contribution in [-0.2, 0) is 16.1 Å². The van der Waals surface area contributed by atoms with Crippen molar-refractivity contribution in [1.29, 1.82) is 0 Å². The summed E-state index contributed by atoms with van der Waals surface area (Å²) in [6.07, 6.45) is 4.83. The second-order valence-corrected chi connectivity index (χ2v) is 10.1. The van der Waals surface area contributed by atoms with Gasteiger partial charge in [0.2, 0.25) is 11.8 Å². The lowest BCUT2D eigenvalue weighted by atomic mass is 9.97. The molecule has 3 atom stereocenters. The van der Waals surface area contributed by atoms with Crippen molar-refractivity contribution < 1.29 is 14.4 Å². The average Bonchev–Trinajstić information content (AvgIpc) is 3.32. The van der Waals surface area contributed by atoms with Crippen molar-refractivity contribution in [2.75, 3.05) is 5.32 Å². The summed E-state index contributed by atoms with van der Waals surface area (Å²) in [4.78, 5) is 44.7. The maximum Gasteiger partial charge on any atom is 0.269 e. The number of rotatable bonds is 6. The highest BCUT2D eigenvalue weighted by Gasteiger charge is 2.51. The van der Waals surface area contributed by atoms with E-state index in [9.17, 15) is 14.4 Å². The second-order valence-electron chi connectivity index (χ2n) is 9.73. The van der Waals surface area contributed by atoms with E-state index < -0.39 is 11.9 Å². The number of piperidine rings is 1. The third-order valence-corrected chi connectivity index (χ3v) is 7.66. The molecule has 1 aliphatic heterocycles. The van der Waals surface area contributed by atoms with E-state index in [4.69, 9.17) is 17.3 Å². The fourth-order valence-electron chi connectivity index (χ4n) is 5.74. The SMILES string of the molecule is NC(=O)c1nn(CC(=O)N2[C@@H]3CC[C@@H](C3)[C@H]2C(=O)Nc2cccc(Cl)n2)c2ccc(C3CC3)cc12. The molecule has 0 spiro atoms. The lowest BCUT2D eigenvalue weighted by molar-refractivity contribution is -0.141. The monoisotopic (exact) mass is 492 g/mol. The number of likely N-dealkylation sites (tertiary alicyclic amines) is 1. The first-order chi connectivity index (χ1) is 16.9. The minimum atomic E-state index is -0.624. The van der Waals surface area contributed by atoms with Gasteiger partial charge in [0.15, 0.2) is 5.69 Å². The molecule has 3 heterocycles. The summed E-state index contributed by atoms with van der Waals surface area (Å²) in [5.41, 5.74) is 7.62. The largest absolute Gasteiger partial charge is 0.364 e. The highest BCUT2D eigenvalue weighted by atomic mass is 35.5. The first kappa shape index (κ1) is 22.0. The summed E-state index contributed by atoms with van der Waals surface area (Å²) in [5.74, 6) is -0.132. The van der Waals surface area contributed by atoms with Gasteiger partial charge in [0.25, 0.3) is 5.91 Å². The molecule has 3 aromatic rings. The van der Waals surface area contributed by atoms with Gasteiger partial charge in [0.05, 0.1) is 5.52 Å². The number of aromatic nitrogens is 3. The topological polar surface area (TPSA) is 123 Å². The van der Waals surface area contributed by atoms with Crippen LogP contribution in [0.3, 0.4) is 0 Å². The molecule has 0 radical (unpaired) electrons. The van der Waals surface area contributed by atoms with Gasteiger partial charge in [-0.05, 0) is 73.8 Å². The summed E-state index contributed by atoms with van der Waals surface area (Å²) in [6.45, 7) is -0.0744. The van der Waals surface area contributed by atoms with Crippen LogP contribution in [0.5, 0.6) is 0 Å². The standard InChI is InChI=1S/C25H25ClN6O3/c26-19-2-1-3-20(28-19)29-25(35)23-15-6-8-16(10-15)32(23)21(33)12-31-18-9-7-14(13-4-5-13)11-17(18)22(30-31)24(27)34/h1-3,7,9,11,13,15-16,23H,4-6,8,10,12H2,(H2,27,34)(H,28,29,35)/t15-,16+,23-/m0/s1. The molecule has 3 amide bonds.